The first-order valence-electron chi connectivity index (χ1n) is 12.5. The van der Waals surface area contributed by atoms with Crippen molar-refractivity contribution < 1.29 is 9.53 Å². The van der Waals surface area contributed by atoms with Gasteiger partial charge in [-0.3, -0.25) is 4.79 Å². The predicted octanol–water partition coefficient (Wildman–Crippen LogP) is 2.52. The van der Waals surface area contributed by atoms with Crippen LogP contribution < -0.4 is 15.4 Å². The maximum absolute atomic E-state index is 13.3. The maximum Gasteiger partial charge on any atom is 0.258 e. The minimum absolute atomic E-state index is 0.00137. The lowest BCUT2D eigenvalue weighted by molar-refractivity contribution is -0.0120. The van der Waals surface area contributed by atoms with E-state index in [9.17, 15) is 4.79 Å². The van der Waals surface area contributed by atoms with E-state index in [2.05, 4.69) is 20.6 Å². The summed E-state index contributed by atoms with van der Waals surface area (Å²) in [5.41, 5.74) is 0.602. The van der Waals surface area contributed by atoms with Gasteiger partial charge >= 0.3 is 0 Å². The molecule has 4 bridgehead atoms. The largest absolute Gasteiger partial charge is 0.475 e. The van der Waals surface area contributed by atoms with E-state index in [1.807, 2.05) is 18.5 Å². The topological polar surface area (TPSA) is 71.4 Å². The second kappa shape index (κ2) is 9.10. The lowest BCUT2D eigenvalue weighted by Crippen LogP contribution is -2.55. The highest BCUT2D eigenvalue weighted by Gasteiger charge is 2.48. The standard InChI is InChI=1S/C24H39N5O2/c1-16(2)31-24-21(15-26-29(24)7-3-6-28-8-4-25-5-9-28)23(30)27-22-19-11-17-10-18(13-19)14-20(22)12-17/h15-20,22,25H,3-14H2,1-2H3,(H,27,30). The van der Waals surface area contributed by atoms with Gasteiger partial charge in [-0.05, 0) is 76.0 Å². The summed E-state index contributed by atoms with van der Waals surface area (Å²) in [5, 5.41) is 11.4. The number of carbonyl (C=O) groups excluding carboxylic acids is 1. The van der Waals surface area contributed by atoms with Gasteiger partial charge in [0.2, 0.25) is 5.88 Å². The van der Waals surface area contributed by atoms with E-state index in [0.717, 1.165) is 57.5 Å². The second-order valence-corrected chi connectivity index (χ2v) is 10.6. The lowest BCUT2D eigenvalue weighted by Gasteiger charge is -2.54. The van der Waals surface area contributed by atoms with Crippen molar-refractivity contribution in [1.29, 1.82) is 0 Å². The summed E-state index contributed by atoms with van der Waals surface area (Å²) in [6.45, 7) is 10.2. The fourth-order valence-corrected chi connectivity index (χ4v) is 6.81. The highest BCUT2D eigenvalue weighted by atomic mass is 16.5. The van der Waals surface area contributed by atoms with Crippen molar-refractivity contribution in [2.24, 2.45) is 23.7 Å². The van der Waals surface area contributed by atoms with Gasteiger partial charge in [0, 0.05) is 45.3 Å². The molecule has 7 nitrogen and oxygen atoms in total. The van der Waals surface area contributed by atoms with Gasteiger partial charge in [-0.1, -0.05) is 0 Å². The van der Waals surface area contributed by atoms with Gasteiger partial charge in [0.05, 0.1) is 12.3 Å². The molecule has 0 spiro atoms. The summed E-state index contributed by atoms with van der Waals surface area (Å²) < 4.78 is 8.00. The molecule has 31 heavy (non-hydrogen) atoms. The Morgan fingerprint density at radius 2 is 1.81 bits per heavy atom. The highest BCUT2D eigenvalue weighted by molar-refractivity contribution is 5.96. The van der Waals surface area contributed by atoms with Crippen molar-refractivity contribution >= 4 is 5.91 Å². The Kier molecular flexibility index (Phi) is 6.24. The molecule has 1 aromatic rings. The molecule has 1 aromatic heterocycles. The number of hydrogen-bond donors (Lipinski definition) is 2. The first-order chi connectivity index (χ1) is 15.1. The molecule has 0 atom stereocenters. The second-order valence-electron chi connectivity index (χ2n) is 10.6. The van der Waals surface area contributed by atoms with E-state index in [0.29, 0.717) is 29.3 Å². The van der Waals surface area contributed by atoms with Gasteiger partial charge in [0.15, 0.2) is 0 Å². The van der Waals surface area contributed by atoms with Crippen LogP contribution in [-0.2, 0) is 6.54 Å². The van der Waals surface area contributed by atoms with Gasteiger partial charge in [-0.2, -0.15) is 5.10 Å². The molecule has 1 aliphatic heterocycles. The van der Waals surface area contributed by atoms with Crippen LogP contribution in [0.4, 0.5) is 0 Å². The van der Waals surface area contributed by atoms with Crippen LogP contribution in [-0.4, -0.2) is 65.5 Å². The molecule has 2 N–H and O–H groups in total. The molecule has 1 amide bonds. The molecule has 172 valence electrons. The number of nitrogens with zero attached hydrogens (tertiary/aromatic N) is 3. The minimum Gasteiger partial charge on any atom is -0.475 e. The number of nitrogens with one attached hydrogen (secondary N) is 2. The van der Waals surface area contributed by atoms with Gasteiger partial charge < -0.3 is 20.3 Å². The summed E-state index contributed by atoms with van der Waals surface area (Å²) in [4.78, 5) is 15.8. The Morgan fingerprint density at radius 1 is 1.13 bits per heavy atom. The molecule has 7 heteroatoms. The van der Waals surface area contributed by atoms with Gasteiger partial charge in [0.1, 0.15) is 5.56 Å². The van der Waals surface area contributed by atoms with Crippen molar-refractivity contribution in [3.05, 3.63) is 11.8 Å². The van der Waals surface area contributed by atoms with E-state index in [-0.39, 0.29) is 12.0 Å². The van der Waals surface area contributed by atoms with E-state index in [4.69, 9.17) is 4.74 Å². The quantitative estimate of drug-likeness (QED) is 0.664. The smallest absolute Gasteiger partial charge is 0.258 e. The molecular weight excluding hydrogens is 390 g/mol. The number of amides is 1. The van der Waals surface area contributed by atoms with Crippen molar-refractivity contribution in [3.63, 3.8) is 0 Å². The maximum atomic E-state index is 13.3. The molecule has 1 saturated heterocycles. The molecule has 0 unspecified atom stereocenters. The summed E-state index contributed by atoms with van der Waals surface area (Å²) in [6, 6.07) is 0.336. The summed E-state index contributed by atoms with van der Waals surface area (Å²) in [7, 11) is 0. The number of piperazine rings is 1. The number of ether oxygens (including phenoxy) is 1. The Hall–Kier alpha value is -1.60. The number of hydrogen-bond acceptors (Lipinski definition) is 5. The fraction of sp³-hybridized carbons (Fsp3) is 0.833. The number of carbonyl (C=O) groups is 1. The number of aryl methyl sites for hydroxylation is 1. The third-order valence-corrected chi connectivity index (χ3v) is 7.96. The van der Waals surface area contributed by atoms with Crippen molar-refractivity contribution in [1.82, 2.24) is 25.3 Å². The van der Waals surface area contributed by atoms with Crippen LogP contribution in [0.3, 0.4) is 0 Å². The van der Waals surface area contributed by atoms with Crippen LogP contribution in [0.5, 0.6) is 5.88 Å². The Labute approximate surface area is 186 Å². The first-order valence-corrected chi connectivity index (χ1v) is 12.5. The predicted molar refractivity (Wildman–Crippen MR) is 120 cm³/mol. The Morgan fingerprint density at radius 3 is 2.45 bits per heavy atom. The van der Waals surface area contributed by atoms with Crippen LogP contribution in [0.2, 0.25) is 0 Å². The van der Waals surface area contributed by atoms with Gasteiger partial charge in [0.25, 0.3) is 5.91 Å². The SMILES string of the molecule is CC(C)Oc1c(C(=O)NC2C3CC4CC(C3)CC2C4)cnn1CCCN1CCNCC1. The van der Waals surface area contributed by atoms with Gasteiger partial charge in [-0.15, -0.1) is 0 Å². The number of aromatic nitrogens is 2. The third kappa shape index (κ3) is 4.63. The van der Waals surface area contributed by atoms with E-state index in [1.54, 1.807) is 6.20 Å². The van der Waals surface area contributed by atoms with Crippen molar-refractivity contribution in [3.8, 4) is 5.88 Å². The van der Waals surface area contributed by atoms with Crippen LogP contribution >= 0.6 is 0 Å². The summed E-state index contributed by atoms with van der Waals surface area (Å²) in [6.07, 6.45) is 9.38. The van der Waals surface area contributed by atoms with Crippen LogP contribution in [0.15, 0.2) is 6.20 Å². The van der Waals surface area contributed by atoms with E-state index in [1.165, 1.54) is 32.1 Å². The zero-order valence-corrected chi connectivity index (χ0v) is 19.2. The van der Waals surface area contributed by atoms with Crippen molar-refractivity contribution in [2.45, 2.75) is 71.1 Å². The van der Waals surface area contributed by atoms with Crippen LogP contribution in [0, 0.1) is 23.7 Å². The van der Waals surface area contributed by atoms with Crippen LogP contribution in [0.1, 0.15) is 62.7 Å². The summed E-state index contributed by atoms with van der Waals surface area (Å²) in [5.74, 6) is 3.80. The average molecular weight is 430 g/mol. The van der Waals surface area contributed by atoms with Crippen molar-refractivity contribution in [2.75, 3.05) is 32.7 Å². The monoisotopic (exact) mass is 429 g/mol. The fourth-order valence-electron chi connectivity index (χ4n) is 6.81. The molecule has 4 aliphatic carbocycles. The molecule has 2 heterocycles. The van der Waals surface area contributed by atoms with Gasteiger partial charge in [-0.25, -0.2) is 4.68 Å². The Balaban J connectivity index is 1.24. The molecule has 5 fully saturated rings. The van der Waals surface area contributed by atoms with E-state index >= 15 is 0 Å². The number of rotatable bonds is 8. The molecular formula is C24H39N5O2. The normalized spacial score (nSPS) is 32.5. The van der Waals surface area contributed by atoms with E-state index < -0.39 is 0 Å². The van der Waals surface area contributed by atoms with Crippen LogP contribution in [0.25, 0.3) is 0 Å². The molecule has 5 aliphatic rings. The summed E-state index contributed by atoms with van der Waals surface area (Å²) >= 11 is 0. The first kappa shape index (κ1) is 21.3. The molecule has 0 radical (unpaired) electrons. The molecule has 4 saturated carbocycles. The zero-order valence-electron chi connectivity index (χ0n) is 19.2. The highest BCUT2D eigenvalue weighted by Crippen LogP contribution is 2.53. The Bertz CT molecular complexity index is 742. The average Bonchev–Trinajstić information content (AvgIpc) is 3.13. The lowest BCUT2D eigenvalue weighted by atomic mass is 9.54. The molecule has 6 rings (SSSR count). The minimum atomic E-state index is 0.00137. The zero-order chi connectivity index (χ0) is 21.4. The molecule has 0 aromatic carbocycles. The third-order valence-electron chi connectivity index (χ3n) is 7.96.